The highest BCUT2D eigenvalue weighted by atomic mass is 35.5. The summed E-state index contributed by atoms with van der Waals surface area (Å²) in [7, 11) is 0. The minimum absolute atomic E-state index is 0. The Hall–Kier alpha value is -0.620. The minimum Gasteiger partial charge on any atom is -0.479 e. The van der Waals surface area contributed by atoms with Crippen molar-refractivity contribution in [2.45, 2.75) is 31.9 Å². The molecule has 1 aliphatic rings. The van der Waals surface area contributed by atoms with Crippen molar-refractivity contribution < 1.29 is 15.0 Å². The Morgan fingerprint density at radius 2 is 2.06 bits per heavy atom. The summed E-state index contributed by atoms with van der Waals surface area (Å²) in [6, 6.07) is 4.20. The topological polar surface area (TPSA) is 60.8 Å². The third kappa shape index (κ3) is 3.45. The van der Waals surface area contributed by atoms with E-state index in [-0.39, 0.29) is 12.4 Å². The molecule has 1 fully saturated rings. The molecule has 102 valence electrons. The Labute approximate surface area is 117 Å². The zero-order valence-corrected chi connectivity index (χ0v) is 11.9. The van der Waals surface area contributed by atoms with Crippen LogP contribution in [0.25, 0.3) is 0 Å². The largest absolute Gasteiger partial charge is 0.479 e. The van der Waals surface area contributed by atoms with Crippen molar-refractivity contribution >= 4 is 29.7 Å². The van der Waals surface area contributed by atoms with Crippen LogP contribution in [0.1, 0.15) is 22.6 Å². The fourth-order valence-electron chi connectivity index (χ4n) is 2.09. The van der Waals surface area contributed by atoms with Gasteiger partial charge in [0, 0.05) is 29.4 Å². The van der Waals surface area contributed by atoms with Gasteiger partial charge in [0.05, 0.1) is 0 Å². The number of aryl methyl sites for hydroxylation is 1. The number of hydrogen-bond donors (Lipinski definition) is 2. The van der Waals surface area contributed by atoms with Crippen molar-refractivity contribution in [3.63, 3.8) is 0 Å². The molecular weight excluding hydrogens is 274 g/mol. The fraction of sp³-hybridized carbons (Fsp3) is 0.583. The molecule has 2 heterocycles. The SMILES string of the molecule is Cc1ccc(CN2CCC(O)(C(=O)O)CC2)s1.Cl. The number of thiophene rings is 1. The molecule has 18 heavy (non-hydrogen) atoms. The molecule has 1 aromatic heterocycles. The standard InChI is InChI=1S/C12H17NO3S.ClH/c1-9-2-3-10(17-9)8-13-6-4-12(16,5-7-13)11(14)15;/h2-3,16H,4-8H2,1H3,(H,14,15);1H. The van der Waals surface area contributed by atoms with Gasteiger partial charge in [-0.1, -0.05) is 0 Å². The highest BCUT2D eigenvalue weighted by molar-refractivity contribution is 7.11. The predicted octanol–water partition coefficient (Wildman–Crippen LogP) is 1.89. The Kier molecular flexibility index (Phi) is 5.16. The predicted molar refractivity (Wildman–Crippen MR) is 73.4 cm³/mol. The first kappa shape index (κ1) is 15.4. The molecular formula is C12H18ClNO3S. The summed E-state index contributed by atoms with van der Waals surface area (Å²) in [5, 5.41) is 18.7. The summed E-state index contributed by atoms with van der Waals surface area (Å²) in [6.45, 7) is 4.21. The van der Waals surface area contributed by atoms with E-state index in [0.29, 0.717) is 25.9 Å². The van der Waals surface area contributed by atoms with Gasteiger partial charge >= 0.3 is 5.97 Å². The van der Waals surface area contributed by atoms with Gasteiger partial charge in [-0.05, 0) is 31.9 Å². The summed E-state index contributed by atoms with van der Waals surface area (Å²) < 4.78 is 0. The van der Waals surface area contributed by atoms with E-state index in [0.717, 1.165) is 6.54 Å². The lowest BCUT2D eigenvalue weighted by atomic mass is 9.92. The number of hydrogen-bond acceptors (Lipinski definition) is 4. The summed E-state index contributed by atoms with van der Waals surface area (Å²) >= 11 is 1.77. The van der Waals surface area contributed by atoms with Crippen LogP contribution in [0.3, 0.4) is 0 Å². The van der Waals surface area contributed by atoms with Gasteiger partial charge in [0.1, 0.15) is 0 Å². The average Bonchev–Trinajstić information content (AvgIpc) is 2.67. The van der Waals surface area contributed by atoms with Gasteiger partial charge in [0.2, 0.25) is 0 Å². The molecule has 4 nitrogen and oxygen atoms in total. The number of likely N-dealkylation sites (tertiary alicyclic amines) is 1. The fourth-order valence-corrected chi connectivity index (χ4v) is 3.02. The minimum atomic E-state index is -1.51. The van der Waals surface area contributed by atoms with E-state index >= 15 is 0 Å². The second-order valence-corrected chi connectivity index (χ2v) is 6.00. The highest BCUT2D eigenvalue weighted by Gasteiger charge is 2.39. The highest BCUT2D eigenvalue weighted by Crippen LogP contribution is 2.25. The monoisotopic (exact) mass is 291 g/mol. The number of nitrogens with zero attached hydrogens (tertiary/aromatic N) is 1. The molecule has 2 N–H and O–H groups in total. The normalized spacial score (nSPS) is 19.2. The van der Waals surface area contributed by atoms with Crippen molar-refractivity contribution in [2.24, 2.45) is 0 Å². The number of halogens is 1. The molecule has 0 spiro atoms. The van der Waals surface area contributed by atoms with Gasteiger partial charge in [-0.2, -0.15) is 0 Å². The van der Waals surface area contributed by atoms with Crippen molar-refractivity contribution in [1.82, 2.24) is 4.90 Å². The summed E-state index contributed by atoms with van der Waals surface area (Å²) in [5.74, 6) is -1.09. The van der Waals surface area contributed by atoms with Crippen molar-refractivity contribution in [3.05, 3.63) is 21.9 Å². The summed E-state index contributed by atoms with van der Waals surface area (Å²) in [6.07, 6.45) is 0.624. The number of rotatable bonds is 3. The van der Waals surface area contributed by atoms with E-state index in [1.807, 2.05) is 0 Å². The molecule has 1 aromatic rings. The van der Waals surface area contributed by atoms with E-state index in [4.69, 9.17) is 5.11 Å². The van der Waals surface area contributed by atoms with Crippen LogP contribution in [0, 0.1) is 6.92 Å². The molecule has 0 aliphatic carbocycles. The van der Waals surface area contributed by atoms with Crippen LogP contribution in [-0.2, 0) is 11.3 Å². The maximum absolute atomic E-state index is 10.9. The van der Waals surface area contributed by atoms with Gasteiger partial charge in [-0.3, -0.25) is 4.90 Å². The van der Waals surface area contributed by atoms with Crippen LogP contribution < -0.4 is 0 Å². The first-order valence-electron chi connectivity index (χ1n) is 5.73. The molecule has 0 amide bonds. The van der Waals surface area contributed by atoms with E-state index < -0.39 is 11.6 Å². The molecule has 0 unspecified atom stereocenters. The molecule has 0 atom stereocenters. The quantitative estimate of drug-likeness (QED) is 0.893. The third-order valence-corrected chi connectivity index (χ3v) is 4.24. The molecule has 0 saturated carbocycles. The van der Waals surface area contributed by atoms with Crippen molar-refractivity contribution in [1.29, 1.82) is 0 Å². The maximum Gasteiger partial charge on any atom is 0.335 e. The van der Waals surface area contributed by atoms with Gasteiger partial charge in [0.15, 0.2) is 5.60 Å². The van der Waals surface area contributed by atoms with Crippen LogP contribution in [0.2, 0.25) is 0 Å². The third-order valence-electron chi connectivity index (χ3n) is 3.26. The number of aliphatic hydroxyl groups is 1. The number of carbonyl (C=O) groups is 1. The van der Waals surface area contributed by atoms with E-state index in [2.05, 4.69) is 24.0 Å². The lowest BCUT2D eigenvalue weighted by molar-refractivity contribution is -0.163. The van der Waals surface area contributed by atoms with E-state index in [9.17, 15) is 9.90 Å². The van der Waals surface area contributed by atoms with Crippen LogP contribution >= 0.6 is 23.7 Å². The van der Waals surface area contributed by atoms with E-state index in [1.165, 1.54) is 9.75 Å². The number of carboxylic acids is 1. The summed E-state index contributed by atoms with van der Waals surface area (Å²) in [5.41, 5.74) is -1.51. The Morgan fingerprint density at radius 1 is 1.44 bits per heavy atom. The second kappa shape index (κ2) is 6.02. The second-order valence-electron chi connectivity index (χ2n) is 4.63. The van der Waals surface area contributed by atoms with E-state index in [1.54, 1.807) is 11.3 Å². The van der Waals surface area contributed by atoms with Gasteiger partial charge < -0.3 is 10.2 Å². The lowest BCUT2D eigenvalue weighted by Crippen LogP contribution is -2.48. The number of carboxylic acid groups (broad SMARTS) is 1. The maximum atomic E-state index is 10.9. The molecule has 0 aromatic carbocycles. The smallest absolute Gasteiger partial charge is 0.335 e. The first-order chi connectivity index (χ1) is 7.99. The Morgan fingerprint density at radius 3 is 2.50 bits per heavy atom. The molecule has 2 rings (SSSR count). The number of aliphatic carboxylic acids is 1. The number of piperidine rings is 1. The molecule has 1 saturated heterocycles. The van der Waals surface area contributed by atoms with Crippen LogP contribution in [0.5, 0.6) is 0 Å². The molecule has 1 aliphatic heterocycles. The van der Waals surface area contributed by atoms with Crippen molar-refractivity contribution in [2.75, 3.05) is 13.1 Å². The molecule has 0 radical (unpaired) electrons. The van der Waals surface area contributed by atoms with Gasteiger partial charge in [-0.15, -0.1) is 23.7 Å². The average molecular weight is 292 g/mol. The Balaban J connectivity index is 0.00000162. The van der Waals surface area contributed by atoms with Crippen LogP contribution in [0.15, 0.2) is 12.1 Å². The Bertz CT molecular complexity index is 413. The van der Waals surface area contributed by atoms with Gasteiger partial charge in [0.25, 0.3) is 0 Å². The zero-order chi connectivity index (χ0) is 12.5. The first-order valence-corrected chi connectivity index (χ1v) is 6.55. The van der Waals surface area contributed by atoms with Crippen molar-refractivity contribution in [3.8, 4) is 0 Å². The molecule has 6 heteroatoms. The van der Waals surface area contributed by atoms with Crippen LogP contribution in [-0.4, -0.2) is 39.8 Å². The molecule has 0 bridgehead atoms. The van der Waals surface area contributed by atoms with Crippen LogP contribution in [0.4, 0.5) is 0 Å². The van der Waals surface area contributed by atoms with Gasteiger partial charge in [-0.25, -0.2) is 4.79 Å². The zero-order valence-electron chi connectivity index (χ0n) is 10.3. The lowest BCUT2D eigenvalue weighted by Gasteiger charge is -2.35. The summed E-state index contributed by atoms with van der Waals surface area (Å²) in [4.78, 5) is 15.7.